The molecule has 17 heavy (non-hydrogen) atoms. The molecule has 1 aromatic carbocycles. The van der Waals surface area contributed by atoms with Gasteiger partial charge in [-0.2, -0.15) is 0 Å². The molecule has 0 heterocycles. The van der Waals surface area contributed by atoms with Gasteiger partial charge < -0.3 is 19.3 Å². The molecule has 0 radical (unpaired) electrons. The van der Waals surface area contributed by atoms with Crippen LogP contribution >= 0.6 is 0 Å². The summed E-state index contributed by atoms with van der Waals surface area (Å²) < 4.78 is 63.4. The summed E-state index contributed by atoms with van der Waals surface area (Å²) in [6.45, 7) is 0. The van der Waals surface area contributed by atoms with Crippen LogP contribution in [0.15, 0.2) is 21.9 Å². The molecule has 0 aliphatic carbocycles. The molecule has 8 nitrogen and oxygen atoms in total. The molecule has 0 aromatic heterocycles. The Bertz CT molecular complexity index is 579. The summed E-state index contributed by atoms with van der Waals surface area (Å²) in [4.78, 5) is -2.75. The first-order chi connectivity index (χ1) is 7.03. The average Bonchev–Trinajstić information content (AvgIpc) is 2.04. The minimum Gasteiger partial charge on any atom is -0.744 e. The van der Waals surface area contributed by atoms with Gasteiger partial charge in [0.25, 0.3) is 0 Å². The van der Waals surface area contributed by atoms with Crippen molar-refractivity contribution < 1.29 is 87.5 Å². The van der Waals surface area contributed by atoms with Gasteiger partial charge in [0, 0.05) is 12.1 Å². The van der Waals surface area contributed by atoms with E-state index in [0.717, 1.165) is 0 Å². The van der Waals surface area contributed by atoms with Crippen LogP contribution in [0.2, 0.25) is 0 Å². The quantitative estimate of drug-likeness (QED) is 0.317. The standard InChI is InChI=1S/C6H6O8S2.K/c7-3-1-4(15(9,10)11)6(8)5(2-3)16(12,13)14;/h1-2,7-8H,(H,9,10,11)(H,12,13,14);/q;+1/p-2. The summed E-state index contributed by atoms with van der Waals surface area (Å²) in [5, 5.41) is 18.0. The summed E-state index contributed by atoms with van der Waals surface area (Å²) in [6, 6.07) is 0.679. The molecule has 0 amide bonds. The molecular weight excluding hydrogens is 303 g/mol. The number of hydrogen-bond acceptors (Lipinski definition) is 8. The molecule has 1 rings (SSSR count). The van der Waals surface area contributed by atoms with E-state index in [0.29, 0.717) is 12.1 Å². The average molecular weight is 307 g/mol. The predicted molar refractivity (Wildman–Crippen MR) is 45.7 cm³/mol. The van der Waals surface area contributed by atoms with Gasteiger partial charge in [-0.25, -0.2) is 16.8 Å². The first-order valence-corrected chi connectivity index (χ1v) is 6.33. The van der Waals surface area contributed by atoms with Crippen LogP contribution in [0.5, 0.6) is 11.5 Å². The van der Waals surface area contributed by atoms with E-state index >= 15 is 0 Å². The molecule has 1 aromatic rings. The van der Waals surface area contributed by atoms with Crippen LogP contribution < -0.4 is 51.4 Å². The van der Waals surface area contributed by atoms with Gasteiger partial charge >= 0.3 is 51.4 Å². The van der Waals surface area contributed by atoms with Gasteiger partial charge in [-0.1, -0.05) is 0 Å². The minimum absolute atomic E-state index is 0. The fourth-order valence-corrected chi connectivity index (χ4v) is 2.24. The van der Waals surface area contributed by atoms with Crippen molar-refractivity contribution in [1.82, 2.24) is 0 Å². The van der Waals surface area contributed by atoms with E-state index in [1.165, 1.54) is 0 Å². The number of phenols is 2. The molecule has 0 aliphatic heterocycles. The summed E-state index contributed by atoms with van der Waals surface area (Å²) in [7, 11) is -10.4. The predicted octanol–water partition coefficient (Wildman–Crippen LogP) is -4.09. The van der Waals surface area contributed by atoms with Crippen molar-refractivity contribution in [3.05, 3.63) is 12.1 Å². The van der Waals surface area contributed by atoms with Crippen molar-refractivity contribution in [2.45, 2.75) is 9.79 Å². The third-order valence-corrected chi connectivity index (χ3v) is 3.26. The molecule has 0 aliphatic rings. The minimum atomic E-state index is -5.20. The van der Waals surface area contributed by atoms with E-state index in [1.807, 2.05) is 0 Å². The van der Waals surface area contributed by atoms with E-state index in [1.54, 1.807) is 0 Å². The van der Waals surface area contributed by atoms with Crippen LogP contribution in [0.4, 0.5) is 0 Å². The molecule has 11 heteroatoms. The van der Waals surface area contributed by atoms with E-state index < -0.39 is 41.5 Å². The van der Waals surface area contributed by atoms with Crippen LogP contribution in [0.3, 0.4) is 0 Å². The van der Waals surface area contributed by atoms with Crippen LogP contribution in [0.1, 0.15) is 0 Å². The first kappa shape index (κ1) is 17.3. The number of hydrogen-bond donors (Lipinski definition) is 2. The van der Waals surface area contributed by atoms with E-state index in [4.69, 9.17) is 10.2 Å². The molecule has 0 spiro atoms. The fraction of sp³-hybridized carbons (Fsp3) is 0. The van der Waals surface area contributed by atoms with Crippen molar-refractivity contribution in [3.8, 4) is 11.5 Å². The van der Waals surface area contributed by atoms with Crippen LogP contribution in [0.25, 0.3) is 0 Å². The van der Waals surface area contributed by atoms with E-state index in [9.17, 15) is 25.9 Å². The van der Waals surface area contributed by atoms with Crippen molar-refractivity contribution in [3.63, 3.8) is 0 Å². The Labute approximate surface area is 139 Å². The molecule has 0 saturated heterocycles. The van der Waals surface area contributed by atoms with Gasteiger partial charge in [-0.05, 0) is 0 Å². The van der Waals surface area contributed by atoms with Crippen LogP contribution in [-0.2, 0) is 20.2 Å². The number of benzene rings is 1. The van der Waals surface area contributed by atoms with Crippen LogP contribution in [0, 0.1) is 0 Å². The first-order valence-electron chi connectivity index (χ1n) is 3.51. The van der Waals surface area contributed by atoms with Crippen molar-refractivity contribution in [1.29, 1.82) is 0 Å². The molecule has 2 N–H and O–H groups in total. The summed E-state index contributed by atoms with van der Waals surface area (Å²) in [5.41, 5.74) is 0. The third kappa shape index (κ3) is 4.15. The van der Waals surface area contributed by atoms with Crippen molar-refractivity contribution >= 4 is 20.2 Å². The normalized spacial score (nSPS) is 11.9. The maximum absolute atomic E-state index is 10.6. The second kappa shape index (κ2) is 5.50. The second-order valence-corrected chi connectivity index (χ2v) is 5.40. The van der Waals surface area contributed by atoms with E-state index in [-0.39, 0.29) is 51.4 Å². The zero-order chi connectivity index (χ0) is 12.7. The van der Waals surface area contributed by atoms with Crippen molar-refractivity contribution in [2.75, 3.05) is 0 Å². The number of rotatable bonds is 2. The van der Waals surface area contributed by atoms with Crippen LogP contribution in [-0.4, -0.2) is 36.2 Å². The maximum atomic E-state index is 10.6. The smallest absolute Gasteiger partial charge is 0.744 e. The Hall–Kier alpha value is 0.276. The molecule has 0 atom stereocenters. The van der Waals surface area contributed by atoms with Gasteiger partial charge in [0.2, 0.25) is 0 Å². The Morgan fingerprint density at radius 1 is 0.882 bits per heavy atom. The van der Waals surface area contributed by atoms with Gasteiger partial charge in [0.1, 0.15) is 35.8 Å². The molecular formula is C6H4KO8S2-. The Morgan fingerprint density at radius 2 is 1.18 bits per heavy atom. The Kier molecular flexibility index (Phi) is 5.59. The molecule has 0 bridgehead atoms. The SMILES string of the molecule is O=S(=O)([O-])c1cc(O)cc(S(=O)(=O)[O-])c1O.[K+]. The number of aromatic hydroxyl groups is 2. The summed E-state index contributed by atoms with van der Waals surface area (Å²) >= 11 is 0. The van der Waals surface area contributed by atoms with Gasteiger partial charge in [0.05, 0.1) is 0 Å². The molecule has 0 fully saturated rings. The topological polar surface area (TPSA) is 155 Å². The fourth-order valence-electron chi connectivity index (χ4n) is 0.950. The molecule has 0 unspecified atom stereocenters. The van der Waals surface area contributed by atoms with E-state index in [2.05, 4.69) is 0 Å². The largest absolute Gasteiger partial charge is 1.00 e. The van der Waals surface area contributed by atoms with Gasteiger partial charge in [-0.15, -0.1) is 0 Å². The van der Waals surface area contributed by atoms with Gasteiger partial charge in [0.15, 0.2) is 5.75 Å². The third-order valence-electron chi connectivity index (χ3n) is 1.56. The summed E-state index contributed by atoms with van der Waals surface area (Å²) in [6.07, 6.45) is 0. The number of phenolic OH excluding ortho intramolecular Hbond substituents is 2. The zero-order valence-electron chi connectivity index (χ0n) is 8.32. The Balaban J connectivity index is 0.00000256. The maximum Gasteiger partial charge on any atom is 1.00 e. The monoisotopic (exact) mass is 307 g/mol. The molecule has 90 valence electrons. The Morgan fingerprint density at radius 3 is 1.41 bits per heavy atom. The zero-order valence-corrected chi connectivity index (χ0v) is 13.1. The summed E-state index contributed by atoms with van der Waals surface area (Å²) in [5.74, 6) is -2.44. The van der Waals surface area contributed by atoms with Gasteiger partial charge in [-0.3, -0.25) is 0 Å². The molecule has 0 saturated carbocycles. The van der Waals surface area contributed by atoms with Crippen molar-refractivity contribution in [2.24, 2.45) is 0 Å². The second-order valence-electron chi connectivity index (χ2n) is 2.70.